The molecule has 0 bridgehead atoms. The van der Waals surface area contributed by atoms with Crippen molar-refractivity contribution in [2.45, 2.75) is 26.5 Å². The molecule has 28 heavy (non-hydrogen) atoms. The highest BCUT2D eigenvalue weighted by Crippen LogP contribution is 2.24. The first-order chi connectivity index (χ1) is 13.0. The number of nitrogens with zero attached hydrogens (tertiary/aromatic N) is 5. The Kier molecular flexibility index (Phi) is 8.05. The first kappa shape index (κ1) is 22.4. The van der Waals surface area contributed by atoms with Gasteiger partial charge in [0.25, 0.3) is 0 Å². The van der Waals surface area contributed by atoms with Gasteiger partial charge in [-0.25, -0.2) is 0 Å². The number of hydrogen-bond donors (Lipinski definition) is 1. The number of aromatic nitrogens is 3. The molecule has 9 heteroatoms. The highest BCUT2D eigenvalue weighted by molar-refractivity contribution is 14.0. The predicted octanol–water partition coefficient (Wildman–Crippen LogP) is 2.21. The number of ether oxygens (including phenoxy) is 2. The second kappa shape index (κ2) is 10.1. The van der Waals surface area contributed by atoms with Crippen molar-refractivity contribution < 1.29 is 9.47 Å². The number of hydrogen-bond acceptors (Lipinski definition) is 5. The zero-order valence-electron chi connectivity index (χ0n) is 17.1. The summed E-state index contributed by atoms with van der Waals surface area (Å²) in [5, 5.41) is 7.67. The maximum atomic E-state index is 5.92. The zero-order chi connectivity index (χ0) is 19.4. The minimum atomic E-state index is -0.00895. The molecule has 1 aliphatic heterocycles. The van der Waals surface area contributed by atoms with Crippen LogP contribution in [0.5, 0.6) is 5.75 Å². The second-order valence-corrected chi connectivity index (χ2v) is 6.70. The average Bonchev–Trinajstić information content (AvgIpc) is 3.11. The Morgan fingerprint density at radius 1 is 1.39 bits per heavy atom. The normalized spacial score (nSPS) is 17.2. The van der Waals surface area contributed by atoms with E-state index in [-0.39, 0.29) is 30.1 Å². The van der Waals surface area contributed by atoms with E-state index >= 15 is 0 Å². The summed E-state index contributed by atoms with van der Waals surface area (Å²) in [7, 11) is 5.40. The van der Waals surface area contributed by atoms with Crippen molar-refractivity contribution in [1.29, 1.82) is 0 Å². The first-order valence-corrected chi connectivity index (χ1v) is 9.08. The van der Waals surface area contributed by atoms with Crippen LogP contribution in [0.1, 0.15) is 28.5 Å². The summed E-state index contributed by atoms with van der Waals surface area (Å²) in [6, 6.07) is 0. The van der Waals surface area contributed by atoms with Gasteiger partial charge in [-0.05, 0) is 13.8 Å². The van der Waals surface area contributed by atoms with Gasteiger partial charge in [0.15, 0.2) is 5.96 Å². The number of aryl methyl sites for hydroxylation is 2. The molecule has 8 nitrogen and oxygen atoms in total. The standard InChI is InChI=1S/C19H28N6O2.HI/c1-13-8-21-16(14(2)18(13)26-5)10-22-19(20-3)25-6-7-27-17(12-25)15-9-23-24(4)11-15;/h8-9,11,17H,6-7,10,12H2,1-5H3,(H,20,22);1H. The van der Waals surface area contributed by atoms with Crippen molar-refractivity contribution in [3.8, 4) is 5.75 Å². The summed E-state index contributed by atoms with van der Waals surface area (Å²) >= 11 is 0. The van der Waals surface area contributed by atoms with E-state index in [0.717, 1.165) is 47.2 Å². The van der Waals surface area contributed by atoms with Gasteiger partial charge in [-0.2, -0.15) is 5.10 Å². The van der Waals surface area contributed by atoms with Gasteiger partial charge >= 0.3 is 0 Å². The topological polar surface area (TPSA) is 76.8 Å². The minimum Gasteiger partial charge on any atom is -0.496 e. The Bertz CT molecular complexity index is 823. The van der Waals surface area contributed by atoms with Crippen LogP contribution in [0, 0.1) is 13.8 Å². The number of pyridine rings is 1. The average molecular weight is 500 g/mol. The number of morpholine rings is 1. The maximum Gasteiger partial charge on any atom is 0.194 e. The number of nitrogens with one attached hydrogen (secondary N) is 1. The van der Waals surface area contributed by atoms with Crippen molar-refractivity contribution >= 4 is 29.9 Å². The highest BCUT2D eigenvalue weighted by Gasteiger charge is 2.25. The molecule has 3 heterocycles. The molecular formula is C19H29IN6O2. The number of guanidine groups is 1. The lowest BCUT2D eigenvalue weighted by Gasteiger charge is -2.34. The van der Waals surface area contributed by atoms with Crippen molar-refractivity contribution in [2.75, 3.05) is 33.9 Å². The van der Waals surface area contributed by atoms with Gasteiger partial charge in [0, 0.05) is 49.7 Å². The van der Waals surface area contributed by atoms with Crippen LogP contribution in [0.15, 0.2) is 23.6 Å². The molecule has 1 unspecified atom stereocenters. The van der Waals surface area contributed by atoms with E-state index in [9.17, 15) is 0 Å². The molecule has 0 saturated carbocycles. The summed E-state index contributed by atoms with van der Waals surface area (Å²) in [6.45, 7) is 6.79. The summed E-state index contributed by atoms with van der Waals surface area (Å²) < 4.78 is 13.2. The van der Waals surface area contributed by atoms with E-state index in [1.54, 1.807) is 18.8 Å². The molecule has 3 rings (SSSR count). The first-order valence-electron chi connectivity index (χ1n) is 9.08. The van der Waals surface area contributed by atoms with E-state index < -0.39 is 0 Å². The number of rotatable bonds is 4. The number of halogens is 1. The van der Waals surface area contributed by atoms with E-state index in [1.165, 1.54) is 0 Å². The molecule has 0 amide bonds. The number of methoxy groups -OCH3 is 1. The Morgan fingerprint density at radius 2 is 2.18 bits per heavy atom. The molecular weight excluding hydrogens is 471 g/mol. The molecule has 0 spiro atoms. The molecule has 1 saturated heterocycles. The van der Waals surface area contributed by atoms with Crippen LogP contribution in [0.25, 0.3) is 0 Å². The highest BCUT2D eigenvalue weighted by atomic mass is 127. The molecule has 2 aromatic heterocycles. The summed E-state index contributed by atoms with van der Waals surface area (Å²) in [4.78, 5) is 11.2. The lowest BCUT2D eigenvalue weighted by Crippen LogP contribution is -2.48. The predicted molar refractivity (Wildman–Crippen MR) is 119 cm³/mol. The fraction of sp³-hybridized carbons (Fsp3) is 0.526. The third-order valence-electron chi connectivity index (χ3n) is 4.84. The van der Waals surface area contributed by atoms with Gasteiger partial charge in [0.05, 0.1) is 38.7 Å². The van der Waals surface area contributed by atoms with Gasteiger partial charge in [-0.3, -0.25) is 14.7 Å². The third kappa shape index (κ3) is 4.93. The van der Waals surface area contributed by atoms with Crippen LogP contribution in [-0.4, -0.2) is 59.5 Å². The van der Waals surface area contributed by atoms with Crippen LogP contribution in [0.4, 0.5) is 0 Å². The van der Waals surface area contributed by atoms with Crippen LogP contribution in [0.2, 0.25) is 0 Å². The molecule has 1 aliphatic rings. The van der Waals surface area contributed by atoms with Crippen LogP contribution >= 0.6 is 24.0 Å². The molecule has 0 aliphatic carbocycles. The maximum absolute atomic E-state index is 5.92. The largest absolute Gasteiger partial charge is 0.496 e. The Morgan fingerprint density at radius 3 is 2.82 bits per heavy atom. The van der Waals surface area contributed by atoms with Crippen molar-refractivity contribution in [1.82, 2.24) is 25.0 Å². The molecule has 154 valence electrons. The Balaban J connectivity index is 0.00000280. The SMILES string of the molecule is CN=C(NCc1ncc(C)c(OC)c1C)N1CCOC(c2cnn(C)c2)C1.I. The lowest BCUT2D eigenvalue weighted by molar-refractivity contribution is -0.00805. The summed E-state index contributed by atoms with van der Waals surface area (Å²) in [5.41, 5.74) is 4.13. The van der Waals surface area contributed by atoms with E-state index in [2.05, 4.69) is 25.3 Å². The van der Waals surface area contributed by atoms with Crippen molar-refractivity contribution in [3.05, 3.63) is 41.0 Å². The summed E-state index contributed by atoms with van der Waals surface area (Å²) in [5.74, 6) is 1.73. The van der Waals surface area contributed by atoms with Gasteiger partial charge in [0.2, 0.25) is 0 Å². The molecule has 2 aromatic rings. The fourth-order valence-corrected chi connectivity index (χ4v) is 3.39. The third-order valence-corrected chi connectivity index (χ3v) is 4.84. The van der Waals surface area contributed by atoms with E-state index in [4.69, 9.17) is 9.47 Å². The molecule has 0 aromatic carbocycles. The Hall–Kier alpha value is -1.88. The zero-order valence-corrected chi connectivity index (χ0v) is 19.4. The molecule has 1 N–H and O–H groups in total. The van der Waals surface area contributed by atoms with Crippen LogP contribution < -0.4 is 10.1 Å². The Labute approximate surface area is 183 Å². The van der Waals surface area contributed by atoms with E-state index in [0.29, 0.717) is 13.2 Å². The van der Waals surface area contributed by atoms with Crippen LogP contribution in [0.3, 0.4) is 0 Å². The quantitative estimate of drug-likeness (QED) is 0.394. The monoisotopic (exact) mass is 500 g/mol. The smallest absolute Gasteiger partial charge is 0.194 e. The summed E-state index contributed by atoms with van der Waals surface area (Å²) in [6.07, 6.45) is 5.69. The number of aliphatic imine (C=N–C) groups is 1. The van der Waals surface area contributed by atoms with Crippen molar-refractivity contribution in [2.24, 2.45) is 12.0 Å². The molecule has 1 fully saturated rings. The molecule has 0 radical (unpaired) electrons. The minimum absolute atomic E-state index is 0. The van der Waals surface area contributed by atoms with Gasteiger partial charge < -0.3 is 19.7 Å². The van der Waals surface area contributed by atoms with Gasteiger partial charge in [0.1, 0.15) is 11.9 Å². The second-order valence-electron chi connectivity index (χ2n) is 6.70. The lowest BCUT2D eigenvalue weighted by atomic mass is 10.1. The van der Waals surface area contributed by atoms with Gasteiger partial charge in [-0.15, -0.1) is 24.0 Å². The van der Waals surface area contributed by atoms with Crippen LogP contribution in [-0.2, 0) is 18.3 Å². The fourth-order valence-electron chi connectivity index (χ4n) is 3.39. The molecule has 1 atom stereocenters. The van der Waals surface area contributed by atoms with Crippen molar-refractivity contribution in [3.63, 3.8) is 0 Å². The van der Waals surface area contributed by atoms with E-state index in [1.807, 2.05) is 39.5 Å². The van der Waals surface area contributed by atoms with Gasteiger partial charge in [-0.1, -0.05) is 0 Å².